The maximum atomic E-state index is 11.6. The average molecular weight is 380 g/mol. The standard InChI is InChI=1S/C18H28N4O5/c1-17(2,3)27-16(23)20-9-11-22(21-24)10-5-7-18(25-12-13-26-18)15-6-4-8-19-14-15/h4,6,8,14H,5,7,9-13H2,1-3H3,(H,20,23). The van der Waals surface area contributed by atoms with Crippen molar-refractivity contribution in [3.8, 4) is 0 Å². The molecule has 27 heavy (non-hydrogen) atoms. The fourth-order valence-electron chi connectivity index (χ4n) is 2.79. The number of aromatic nitrogens is 1. The van der Waals surface area contributed by atoms with Crippen LogP contribution in [-0.4, -0.2) is 54.5 Å². The Morgan fingerprint density at radius 2 is 2.11 bits per heavy atom. The molecule has 150 valence electrons. The maximum absolute atomic E-state index is 11.6. The number of alkyl carbamates (subject to hydrolysis) is 1. The normalized spacial score (nSPS) is 16.0. The second kappa shape index (κ2) is 9.61. The highest BCUT2D eigenvalue weighted by Gasteiger charge is 2.38. The van der Waals surface area contributed by atoms with Crippen molar-refractivity contribution >= 4 is 6.09 Å². The van der Waals surface area contributed by atoms with Crippen LogP contribution in [0.2, 0.25) is 0 Å². The number of ether oxygens (including phenoxy) is 3. The lowest BCUT2D eigenvalue weighted by atomic mass is 10.0. The Morgan fingerprint density at radius 3 is 2.70 bits per heavy atom. The lowest BCUT2D eigenvalue weighted by Gasteiger charge is -2.28. The summed E-state index contributed by atoms with van der Waals surface area (Å²) >= 11 is 0. The summed E-state index contributed by atoms with van der Waals surface area (Å²) in [6.45, 7) is 7.39. The molecule has 1 aliphatic rings. The smallest absolute Gasteiger partial charge is 0.407 e. The highest BCUT2D eigenvalue weighted by atomic mass is 16.7. The van der Waals surface area contributed by atoms with Crippen LogP contribution < -0.4 is 5.32 Å². The molecule has 1 aromatic rings. The van der Waals surface area contributed by atoms with Crippen molar-refractivity contribution < 1.29 is 19.0 Å². The third-order valence-electron chi connectivity index (χ3n) is 3.93. The first kappa shape index (κ1) is 21.0. The quantitative estimate of drug-likeness (QED) is 0.519. The zero-order valence-electron chi connectivity index (χ0n) is 16.1. The number of carbonyl (C=O) groups is 1. The molecule has 0 spiro atoms. The molecule has 1 aromatic heterocycles. The molecular formula is C18H28N4O5. The number of hydrogen-bond acceptors (Lipinski definition) is 7. The average Bonchev–Trinajstić information content (AvgIpc) is 3.10. The van der Waals surface area contributed by atoms with Gasteiger partial charge in [-0.25, -0.2) is 4.79 Å². The van der Waals surface area contributed by atoms with Crippen LogP contribution in [0, 0.1) is 4.91 Å². The number of hydrogen-bond donors (Lipinski definition) is 1. The Morgan fingerprint density at radius 1 is 1.37 bits per heavy atom. The number of nitrogens with zero attached hydrogens (tertiary/aromatic N) is 3. The van der Waals surface area contributed by atoms with Crippen LogP contribution in [-0.2, 0) is 20.0 Å². The first-order chi connectivity index (χ1) is 12.8. The predicted molar refractivity (Wildman–Crippen MR) is 98.7 cm³/mol. The fourth-order valence-corrected chi connectivity index (χ4v) is 2.79. The minimum Gasteiger partial charge on any atom is -0.444 e. The summed E-state index contributed by atoms with van der Waals surface area (Å²) in [4.78, 5) is 26.8. The second-order valence-electron chi connectivity index (χ2n) is 7.26. The summed E-state index contributed by atoms with van der Waals surface area (Å²) in [7, 11) is 0. The first-order valence-corrected chi connectivity index (χ1v) is 9.08. The number of carbonyl (C=O) groups excluding carboxylic acids is 1. The number of amides is 1. The molecule has 9 heteroatoms. The number of rotatable bonds is 9. The van der Waals surface area contributed by atoms with Crippen molar-refractivity contribution in [3.63, 3.8) is 0 Å². The summed E-state index contributed by atoms with van der Waals surface area (Å²) in [6, 6.07) is 3.75. The third kappa shape index (κ3) is 6.76. The van der Waals surface area contributed by atoms with Crippen LogP contribution in [0.5, 0.6) is 0 Å². The highest BCUT2D eigenvalue weighted by molar-refractivity contribution is 5.67. The molecule has 1 saturated heterocycles. The van der Waals surface area contributed by atoms with Crippen LogP contribution in [0.15, 0.2) is 29.8 Å². The minimum atomic E-state index is -0.822. The van der Waals surface area contributed by atoms with Crippen LogP contribution in [0.3, 0.4) is 0 Å². The number of pyridine rings is 1. The summed E-state index contributed by atoms with van der Waals surface area (Å²) in [5, 5.41) is 6.99. The molecule has 0 aromatic carbocycles. The van der Waals surface area contributed by atoms with Gasteiger partial charge in [0.2, 0.25) is 0 Å². The Kier molecular flexibility index (Phi) is 7.49. The molecule has 0 radical (unpaired) electrons. The van der Waals surface area contributed by atoms with Crippen molar-refractivity contribution in [1.82, 2.24) is 15.3 Å². The van der Waals surface area contributed by atoms with E-state index < -0.39 is 17.5 Å². The molecular weight excluding hydrogens is 352 g/mol. The van der Waals surface area contributed by atoms with Crippen LogP contribution in [0.25, 0.3) is 0 Å². The number of nitrogens with one attached hydrogen (secondary N) is 1. The van der Waals surface area contributed by atoms with E-state index in [0.29, 0.717) is 39.1 Å². The monoisotopic (exact) mass is 380 g/mol. The Balaban J connectivity index is 1.76. The van der Waals surface area contributed by atoms with Gasteiger partial charge in [-0.15, -0.1) is 4.91 Å². The van der Waals surface area contributed by atoms with Gasteiger partial charge >= 0.3 is 6.09 Å². The molecule has 0 unspecified atom stereocenters. The Bertz CT molecular complexity index is 600. The largest absolute Gasteiger partial charge is 0.444 e. The van der Waals surface area contributed by atoms with Crippen molar-refractivity contribution in [1.29, 1.82) is 0 Å². The maximum Gasteiger partial charge on any atom is 0.407 e. The molecule has 1 N–H and O–H groups in total. The van der Waals surface area contributed by atoms with Crippen molar-refractivity contribution in [2.75, 3.05) is 32.8 Å². The van der Waals surface area contributed by atoms with Gasteiger partial charge < -0.3 is 19.5 Å². The molecule has 0 saturated carbocycles. The molecule has 1 aliphatic heterocycles. The lowest BCUT2D eigenvalue weighted by molar-refractivity contribution is -0.172. The molecule has 1 fully saturated rings. The zero-order valence-corrected chi connectivity index (χ0v) is 16.1. The molecule has 9 nitrogen and oxygen atoms in total. The highest BCUT2D eigenvalue weighted by Crippen LogP contribution is 2.35. The van der Waals surface area contributed by atoms with Crippen LogP contribution >= 0.6 is 0 Å². The molecule has 2 rings (SSSR count). The molecule has 0 bridgehead atoms. The fraction of sp³-hybridized carbons (Fsp3) is 0.667. The van der Waals surface area contributed by atoms with Crippen LogP contribution in [0.4, 0.5) is 4.79 Å². The number of nitroso groups, excluding NO2 is 1. The van der Waals surface area contributed by atoms with E-state index in [1.54, 1.807) is 33.2 Å². The third-order valence-corrected chi connectivity index (χ3v) is 3.93. The van der Waals surface area contributed by atoms with E-state index in [-0.39, 0.29) is 6.54 Å². The van der Waals surface area contributed by atoms with Gasteiger partial charge in [0.05, 0.1) is 25.0 Å². The summed E-state index contributed by atoms with van der Waals surface area (Å²) < 4.78 is 16.8. The van der Waals surface area contributed by atoms with Gasteiger partial charge in [0, 0.05) is 37.5 Å². The summed E-state index contributed by atoms with van der Waals surface area (Å²) in [6.07, 6.45) is 4.11. The first-order valence-electron chi connectivity index (χ1n) is 9.08. The minimum absolute atomic E-state index is 0.265. The van der Waals surface area contributed by atoms with Gasteiger partial charge in [-0.2, -0.15) is 0 Å². The Hall–Kier alpha value is -2.26. The van der Waals surface area contributed by atoms with Gasteiger partial charge in [0.25, 0.3) is 0 Å². The van der Waals surface area contributed by atoms with Crippen molar-refractivity contribution in [2.45, 2.75) is 45.0 Å². The predicted octanol–water partition coefficient (Wildman–Crippen LogP) is 2.57. The molecule has 1 amide bonds. The van der Waals surface area contributed by atoms with E-state index in [1.165, 1.54) is 5.01 Å². The van der Waals surface area contributed by atoms with Gasteiger partial charge in [0.1, 0.15) is 5.60 Å². The summed E-state index contributed by atoms with van der Waals surface area (Å²) in [5.41, 5.74) is 0.300. The topological polar surface area (TPSA) is 102 Å². The lowest BCUT2D eigenvalue weighted by Crippen LogP contribution is -2.37. The molecule has 2 heterocycles. The van der Waals surface area contributed by atoms with E-state index in [1.807, 2.05) is 12.1 Å². The molecule has 0 atom stereocenters. The Labute approximate surface area is 159 Å². The van der Waals surface area contributed by atoms with E-state index in [4.69, 9.17) is 14.2 Å². The molecule has 0 aliphatic carbocycles. The van der Waals surface area contributed by atoms with Gasteiger partial charge in [0.15, 0.2) is 5.79 Å². The van der Waals surface area contributed by atoms with E-state index in [2.05, 4.69) is 15.6 Å². The van der Waals surface area contributed by atoms with Crippen LogP contribution in [0.1, 0.15) is 39.2 Å². The van der Waals surface area contributed by atoms with Gasteiger partial charge in [-0.05, 0) is 33.3 Å². The second-order valence-corrected chi connectivity index (χ2v) is 7.26. The summed E-state index contributed by atoms with van der Waals surface area (Å²) in [5.74, 6) is -0.822. The van der Waals surface area contributed by atoms with E-state index in [9.17, 15) is 9.70 Å². The van der Waals surface area contributed by atoms with Gasteiger partial charge in [-0.1, -0.05) is 6.07 Å². The SMILES string of the molecule is CC(C)(C)OC(=O)NCCN(CCCC1(c2cccnc2)OCCO1)N=O. The van der Waals surface area contributed by atoms with E-state index in [0.717, 1.165) is 5.56 Å². The van der Waals surface area contributed by atoms with Crippen molar-refractivity contribution in [2.24, 2.45) is 5.29 Å². The zero-order chi connectivity index (χ0) is 19.8. The van der Waals surface area contributed by atoms with E-state index >= 15 is 0 Å². The van der Waals surface area contributed by atoms with Crippen molar-refractivity contribution in [3.05, 3.63) is 35.0 Å². The van der Waals surface area contributed by atoms with Gasteiger partial charge in [-0.3, -0.25) is 9.99 Å².